The minimum atomic E-state index is -0.907. The first-order valence-corrected chi connectivity index (χ1v) is 8.96. The zero-order valence-corrected chi connectivity index (χ0v) is 16.3. The Balaban J connectivity index is 1.53. The summed E-state index contributed by atoms with van der Waals surface area (Å²) < 4.78 is 15.2. The maximum atomic E-state index is 12.0. The Kier molecular flexibility index (Phi) is 6.90. The topological polar surface area (TPSA) is 157 Å². The van der Waals surface area contributed by atoms with E-state index in [1.165, 1.54) is 18.3 Å². The van der Waals surface area contributed by atoms with Crippen molar-refractivity contribution in [2.75, 3.05) is 6.61 Å². The van der Waals surface area contributed by atoms with Crippen molar-refractivity contribution in [2.24, 2.45) is 5.10 Å². The molecule has 32 heavy (non-hydrogen) atoms. The van der Waals surface area contributed by atoms with Crippen LogP contribution in [0, 0.1) is 21.4 Å². The third-order valence-corrected chi connectivity index (χ3v) is 3.81. The Morgan fingerprint density at radius 3 is 2.75 bits per heavy atom. The van der Waals surface area contributed by atoms with E-state index >= 15 is 0 Å². The summed E-state index contributed by atoms with van der Waals surface area (Å²) in [5.41, 5.74) is 3.08. The molecule has 1 N–H and O–H groups in total. The molecule has 0 saturated heterocycles. The van der Waals surface area contributed by atoms with Crippen LogP contribution in [-0.2, 0) is 4.79 Å². The number of nitro groups is 1. The second kappa shape index (κ2) is 10.2. The fourth-order valence-corrected chi connectivity index (χ4v) is 2.39. The number of hydrogen-bond acceptors (Lipinski definition) is 9. The third kappa shape index (κ3) is 5.77. The Bertz CT molecular complexity index is 1230. The molecule has 1 amide bonds. The van der Waals surface area contributed by atoms with Crippen LogP contribution in [0.15, 0.2) is 70.2 Å². The number of nitrogens with zero attached hydrogens (tertiary/aromatic N) is 3. The first-order chi connectivity index (χ1) is 15.5. The number of esters is 1. The van der Waals surface area contributed by atoms with Crippen molar-refractivity contribution in [3.63, 3.8) is 0 Å². The van der Waals surface area contributed by atoms with Gasteiger partial charge in [-0.2, -0.15) is 10.4 Å². The van der Waals surface area contributed by atoms with Crippen LogP contribution >= 0.6 is 0 Å². The quantitative estimate of drug-likeness (QED) is 0.186. The number of carbonyl (C=O) groups is 2. The van der Waals surface area contributed by atoms with E-state index in [1.807, 2.05) is 6.07 Å². The lowest BCUT2D eigenvalue weighted by Gasteiger charge is -2.06. The number of amides is 1. The monoisotopic (exact) mass is 434 g/mol. The van der Waals surface area contributed by atoms with Gasteiger partial charge in [0.2, 0.25) is 5.76 Å². The van der Waals surface area contributed by atoms with E-state index in [4.69, 9.17) is 19.2 Å². The van der Waals surface area contributed by atoms with Crippen molar-refractivity contribution in [3.8, 4) is 17.6 Å². The second-order valence-electron chi connectivity index (χ2n) is 6.05. The summed E-state index contributed by atoms with van der Waals surface area (Å²) in [4.78, 5) is 33.8. The maximum absolute atomic E-state index is 12.0. The van der Waals surface area contributed by atoms with Crippen molar-refractivity contribution in [1.82, 2.24) is 5.43 Å². The van der Waals surface area contributed by atoms with Crippen molar-refractivity contribution in [3.05, 3.63) is 87.7 Å². The first-order valence-electron chi connectivity index (χ1n) is 8.96. The standard InChI is InChI=1S/C21H14N4O7/c22-11-15-5-1-2-7-17(15)30-13-19(26)24-23-12-14-4-3-6-16(10-14)31-21(27)18-8-9-20(32-18)25(28)29/h1-10,12H,13H2,(H,24,26)/b23-12+. The van der Waals surface area contributed by atoms with Gasteiger partial charge >= 0.3 is 11.9 Å². The highest BCUT2D eigenvalue weighted by molar-refractivity contribution is 5.89. The lowest BCUT2D eigenvalue weighted by atomic mass is 10.2. The Morgan fingerprint density at radius 2 is 2.00 bits per heavy atom. The number of hydrazone groups is 1. The summed E-state index contributed by atoms with van der Waals surface area (Å²) in [6.07, 6.45) is 1.32. The highest BCUT2D eigenvalue weighted by Gasteiger charge is 2.19. The fraction of sp³-hybridized carbons (Fsp3) is 0.0476. The number of carbonyl (C=O) groups excluding carboxylic acids is 2. The molecule has 0 bridgehead atoms. The van der Waals surface area contributed by atoms with E-state index in [1.54, 1.807) is 36.4 Å². The van der Waals surface area contributed by atoms with Crippen molar-refractivity contribution < 1.29 is 28.4 Å². The molecule has 0 atom stereocenters. The Hall–Kier alpha value is -4.98. The summed E-state index contributed by atoms with van der Waals surface area (Å²) in [5, 5.41) is 23.4. The number of para-hydroxylation sites is 1. The molecule has 0 unspecified atom stereocenters. The smallest absolute Gasteiger partial charge is 0.433 e. The minimum Gasteiger partial charge on any atom is -0.482 e. The molecule has 0 fully saturated rings. The third-order valence-electron chi connectivity index (χ3n) is 3.81. The number of rotatable bonds is 8. The van der Waals surface area contributed by atoms with Gasteiger partial charge in [-0.15, -0.1) is 0 Å². The zero-order chi connectivity index (χ0) is 22.9. The van der Waals surface area contributed by atoms with E-state index in [0.29, 0.717) is 11.1 Å². The predicted molar refractivity (Wildman–Crippen MR) is 109 cm³/mol. The van der Waals surface area contributed by atoms with Gasteiger partial charge in [0.1, 0.15) is 22.5 Å². The van der Waals surface area contributed by atoms with Crippen molar-refractivity contribution in [1.29, 1.82) is 5.26 Å². The average molecular weight is 434 g/mol. The SMILES string of the molecule is N#Cc1ccccc1OCC(=O)N/N=C/c1cccc(OC(=O)c2ccc([N+](=O)[O-])o2)c1. The van der Waals surface area contributed by atoms with Crippen LogP contribution in [0.3, 0.4) is 0 Å². The van der Waals surface area contributed by atoms with Gasteiger partial charge in [0, 0.05) is 0 Å². The van der Waals surface area contributed by atoms with Crippen molar-refractivity contribution in [2.45, 2.75) is 0 Å². The number of nitrogens with one attached hydrogen (secondary N) is 1. The molecule has 0 aliphatic carbocycles. The molecule has 0 radical (unpaired) electrons. The van der Waals surface area contributed by atoms with Gasteiger partial charge in [0.25, 0.3) is 5.91 Å². The van der Waals surface area contributed by atoms with Crippen LogP contribution in [0.5, 0.6) is 11.5 Å². The predicted octanol–water partition coefficient (Wildman–Crippen LogP) is 2.81. The molecule has 3 rings (SSSR count). The average Bonchev–Trinajstić information content (AvgIpc) is 3.29. The Morgan fingerprint density at radius 1 is 1.19 bits per heavy atom. The van der Waals surface area contributed by atoms with E-state index < -0.39 is 22.7 Å². The van der Waals surface area contributed by atoms with Crippen LogP contribution < -0.4 is 14.9 Å². The van der Waals surface area contributed by atoms with E-state index in [2.05, 4.69) is 10.5 Å². The van der Waals surface area contributed by atoms with Crippen LogP contribution in [0.1, 0.15) is 21.7 Å². The largest absolute Gasteiger partial charge is 0.482 e. The second-order valence-corrected chi connectivity index (χ2v) is 6.05. The Labute approximate surface area is 180 Å². The van der Waals surface area contributed by atoms with Crippen LogP contribution in [0.2, 0.25) is 0 Å². The summed E-state index contributed by atoms with van der Waals surface area (Å²) in [6, 6.07) is 16.8. The molecule has 160 valence electrons. The molecule has 0 spiro atoms. The molecule has 3 aromatic rings. The van der Waals surface area contributed by atoms with E-state index in [-0.39, 0.29) is 23.9 Å². The highest BCUT2D eigenvalue weighted by atomic mass is 16.7. The zero-order valence-electron chi connectivity index (χ0n) is 16.3. The van der Waals surface area contributed by atoms with Crippen molar-refractivity contribution >= 4 is 24.0 Å². The lowest BCUT2D eigenvalue weighted by Crippen LogP contribution is -2.24. The minimum absolute atomic E-state index is 0.140. The molecular formula is C21H14N4O7. The summed E-state index contributed by atoms with van der Waals surface area (Å²) in [6.45, 7) is -0.344. The molecule has 2 aromatic carbocycles. The molecule has 1 aromatic heterocycles. The molecule has 0 saturated carbocycles. The van der Waals surface area contributed by atoms with Crippen LogP contribution in [0.4, 0.5) is 5.88 Å². The van der Waals surface area contributed by atoms with Gasteiger partial charge in [0.15, 0.2) is 6.61 Å². The van der Waals surface area contributed by atoms with E-state index in [0.717, 1.165) is 12.1 Å². The number of nitriles is 1. The molecule has 11 heteroatoms. The molecule has 0 aliphatic heterocycles. The normalized spacial score (nSPS) is 10.3. The molecule has 1 heterocycles. The maximum Gasteiger partial charge on any atom is 0.433 e. The number of benzene rings is 2. The summed E-state index contributed by atoms with van der Waals surface area (Å²) in [7, 11) is 0. The van der Waals surface area contributed by atoms with Crippen LogP contribution in [0.25, 0.3) is 0 Å². The summed E-state index contributed by atoms with van der Waals surface area (Å²) >= 11 is 0. The van der Waals surface area contributed by atoms with Gasteiger partial charge in [-0.05, 0) is 35.9 Å². The van der Waals surface area contributed by atoms with Gasteiger partial charge in [0.05, 0.1) is 17.8 Å². The first kappa shape index (κ1) is 21.7. The number of furan rings is 1. The number of hydrogen-bond donors (Lipinski definition) is 1. The van der Waals surface area contributed by atoms with Gasteiger partial charge in [-0.1, -0.05) is 24.3 Å². The van der Waals surface area contributed by atoms with Gasteiger partial charge in [-0.25, -0.2) is 10.2 Å². The molecule has 0 aliphatic rings. The molecule has 11 nitrogen and oxygen atoms in total. The highest BCUT2D eigenvalue weighted by Crippen LogP contribution is 2.19. The number of ether oxygens (including phenoxy) is 2. The lowest BCUT2D eigenvalue weighted by molar-refractivity contribution is -0.402. The summed E-state index contributed by atoms with van der Waals surface area (Å²) in [5.74, 6) is -1.92. The van der Waals surface area contributed by atoms with E-state index in [9.17, 15) is 19.7 Å². The molecular weight excluding hydrogens is 420 g/mol. The van der Waals surface area contributed by atoms with Gasteiger partial charge < -0.3 is 13.9 Å². The van der Waals surface area contributed by atoms with Crippen LogP contribution in [-0.4, -0.2) is 29.6 Å². The van der Waals surface area contributed by atoms with Gasteiger partial charge in [-0.3, -0.25) is 14.9 Å². The fourth-order valence-electron chi connectivity index (χ4n) is 2.39.